The topological polar surface area (TPSA) is 68.2 Å². The first-order chi connectivity index (χ1) is 11.5. The number of hydrogen-bond acceptors (Lipinski definition) is 5. The maximum Gasteiger partial charge on any atom is 0.254 e. The van der Waals surface area contributed by atoms with Gasteiger partial charge in [0.05, 0.1) is 26.4 Å². The number of ether oxygens (including phenoxy) is 3. The molecule has 6 heteroatoms. The molecule has 1 N–H and O–H groups in total. The van der Waals surface area contributed by atoms with Crippen LogP contribution < -0.4 is 9.47 Å². The lowest BCUT2D eigenvalue weighted by Crippen LogP contribution is -2.48. The third-order valence-electron chi connectivity index (χ3n) is 4.73. The summed E-state index contributed by atoms with van der Waals surface area (Å²) in [4.78, 5) is 14.5. The van der Waals surface area contributed by atoms with Gasteiger partial charge in [-0.2, -0.15) is 0 Å². The molecule has 1 aliphatic carbocycles. The summed E-state index contributed by atoms with van der Waals surface area (Å²) in [7, 11) is 6.42. The molecule has 0 spiro atoms. The first-order valence-corrected chi connectivity index (χ1v) is 8.23. The van der Waals surface area contributed by atoms with Crippen molar-refractivity contribution < 1.29 is 24.1 Å². The third-order valence-corrected chi connectivity index (χ3v) is 4.73. The summed E-state index contributed by atoms with van der Waals surface area (Å²) >= 11 is 0. The Labute approximate surface area is 143 Å². The summed E-state index contributed by atoms with van der Waals surface area (Å²) in [5.74, 6) is 0.942. The van der Waals surface area contributed by atoms with Crippen LogP contribution in [0, 0.1) is 0 Å². The number of likely N-dealkylation sites (N-methyl/N-ethyl adjacent to an activating group) is 1. The van der Waals surface area contributed by atoms with Crippen molar-refractivity contribution in [2.45, 2.75) is 43.9 Å². The smallest absolute Gasteiger partial charge is 0.254 e. The van der Waals surface area contributed by atoms with Gasteiger partial charge in [0, 0.05) is 25.8 Å². The zero-order valence-electron chi connectivity index (χ0n) is 14.8. The fourth-order valence-electron chi connectivity index (χ4n) is 3.25. The van der Waals surface area contributed by atoms with Gasteiger partial charge in [0.2, 0.25) is 0 Å². The Kier molecular flexibility index (Phi) is 6.45. The van der Waals surface area contributed by atoms with Crippen molar-refractivity contribution in [3.8, 4) is 11.5 Å². The van der Waals surface area contributed by atoms with E-state index in [0.717, 1.165) is 25.7 Å². The van der Waals surface area contributed by atoms with Crippen LogP contribution >= 0.6 is 0 Å². The largest absolute Gasteiger partial charge is 0.497 e. The maximum absolute atomic E-state index is 12.9. The highest BCUT2D eigenvalue weighted by atomic mass is 16.5. The number of benzene rings is 1. The summed E-state index contributed by atoms with van der Waals surface area (Å²) in [6, 6.07) is 4.80. The summed E-state index contributed by atoms with van der Waals surface area (Å²) in [6.45, 7) is 0. The van der Waals surface area contributed by atoms with Crippen LogP contribution in [0.1, 0.15) is 36.0 Å². The second-order valence-corrected chi connectivity index (χ2v) is 6.13. The SMILES string of the molecule is COc1cc(OC)cc(C(=O)N(C)[C@@H]2CCCC[C@@H](OC)[C@@H]2O)c1. The average molecular weight is 337 g/mol. The van der Waals surface area contributed by atoms with Gasteiger partial charge in [0.15, 0.2) is 0 Å². The number of amides is 1. The first-order valence-electron chi connectivity index (χ1n) is 8.23. The van der Waals surface area contributed by atoms with E-state index in [2.05, 4.69) is 0 Å². The minimum atomic E-state index is -0.695. The van der Waals surface area contributed by atoms with Crippen molar-refractivity contribution in [1.29, 1.82) is 0 Å². The molecule has 1 saturated carbocycles. The van der Waals surface area contributed by atoms with Crippen molar-refractivity contribution >= 4 is 5.91 Å². The predicted molar refractivity (Wildman–Crippen MR) is 90.7 cm³/mol. The van der Waals surface area contributed by atoms with Gasteiger partial charge >= 0.3 is 0 Å². The van der Waals surface area contributed by atoms with Gasteiger partial charge in [-0.25, -0.2) is 0 Å². The molecule has 0 bridgehead atoms. The molecule has 1 aliphatic rings. The van der Waals surface area contributed by atoms with Crippen LogP contribution in [0.25, 0.3) is 0 Å². The van der Waals surface area contributed by atoms with Crippen LogP contribution in [-0.4, -0.2) is 62.5 Å². The van der Waals surface area contributed by atoms with Crippen LogP contribution in [0.2, 0.25) is 0 Å². The molecule has 0 radical (unpaired) electrons. The monoisotopic (exact) mass is 337 g/mol. The lowest BCUT2D eigenvalue weighted by Gasteiger charge is -2.33. The molecule has 24 heavy (non-hydrogen) atoms. The Balaban J connectivity index is 2.24. The van der Waals surface area contributed by atoms with E-state index < -0.39 is 6.10 Å². The van der Waals surface area contributed by atoms with Gasteiger partial charge in [-0.3, -0.25) is 4.79 Å². The normalized spacial score (nSPS) is 24.1. The van der Waals surface area contributed by atoms with E-state index in [-0.39, 0.29) is 18.1 Å². The number of aliphatic hydroxyl groups is 1. The molecule has 0 aromatic heterocycles. The zero-order valence-corrected chi connectivity index (χ0v) is 14.8. The number of nitrogens with zero attached hydrogens (tertiary/aromatic N) is 1. The summed E-state index contributed by atoms with van der Waals surface area (Å²) in [5, 5.41) is 10.6. The molecule has 6 nitrogen and oxygen atoms in total. The first kappa shape index (κ1) is 18.5. The van der Waals surface area contributed by atoms with E-state index in [4.69, 9.17) is 14.2 Å². The minimum absolute atomic E-state index is 0.173. The Morgan fingerprint density at radius 3 is 2.21 bits per heavy atom. The number of aliphatic hydroxyl groups excluding tert-OH is 1. The predicted octanol–water partition coefficient (Wildman–Crippen LogP) is 2.09. The molecule has 1 aromatic rings. The van der Waals surface area contributed by atoms with Crippen LogP contribution in [-0.2, 0) is 4.74 Å². The van der Waals surface area contributed by atoms with Gasteiger partial charge in [-0.05, 0) is 25.0 Å². The van der Waals surface area contributed by atoms with E-state index in [1.54, 1.807) is 51.5 Å². The van der Waals surface area contributed by atoms with Gasteiger partial charge in [0.25, 0.3) is 5.91 Å². The van der Waals surface area contributed by atoms with Crippen molar-refractivity contribution in [3.05, 3.63) is 23.8 Å². The quantitative estimate of drug-likeness (QED) is 0.833. The van der Waals surface area contributed by atoms with Crippen molar-refractivity contribution in [2.24, 2.45) is 0 Å². The third kappa shape index (κ3) is 3.99. The van der Waals surface area contributed by atoms with Gasteiger partial charge < -0.3 is 24.2 Å². The highest BCUT2D eigenvalue weighted by molar-refractivity contribution is 5.95. The van der Waals surface area contributed by atoms with Crippen LogP contribution in [0.3, 0.4) is 0 Å². The van der Waals surface area contributed by atoms with Crippen LogP contribution in [0.15, 0.2) is 18.2 Å². The molecule has 2 rings (SSSR count). The zero-order chi connectivity index (χ0) is 17.7. The number of carbonyl (C=O) groups excluding carboxylic acids is 1. The molecular formula is C18H27NO5. The Morgan fingerprint density at radius 2 is 1.67 bits per heavy atom. The average Bonchev–Trinajstić information content (AvgIpc) is 2.81. The number of carbonyl (C=O) groups is 1. The fourth-order valence-corrected chi connectivity index (χ4v) is 3.25. The molecule has 0 heterocycles. The van der Waals surface area contributed by atoms with E-state index in [1.807, 2.05) is 0 Å². The highest BCUT2D eigenvalue weighted by Crippen LogP contribution is 2.27. The number of rotatable bonds is 5. The summed E-state index contributed by atoms with van der Waals surface area (Å²) < 4.78 is 15.9. The van der Waals surface area contributed by atoms with E-state index in [0.29, 0.717) is 17.1 Å². The lowest BCUT2D eigenvalue weighted by molar-refractivity contribution is -0.0462. The minimum Gasteiger partial charge on any atom is -0.497 e. The van der Waals surface area contributed by atoms with Gasteiger partial charge in [0.1, 0.15) is 17.6 Å². The molecule has 0 aliphatic heterocycles. The van der Waals surface area contributed by atoms with Crippen LogP contribution in [0.4, 0.5) is 0 Å². The maximum atomic E-state index is 12.9. The standard InChI is InChI=1S/C18H27NO5/c1-19(15-7-5-6-8-16(24-4)17(15)20)18(21)12-9-13(22-2)11-14(10-12)23-3/h9-11,15-17,20H,5-8H2,1-4H3/t15-,16-,17-/m1/s1. The molecular weight excluding hydrogens is 310 g/mol. The summed E-state index contributed by atoms with van der Waals surface area (Å²) in [5.41, 5.74) is 0.471. The Morgan fingerprint density at radius 1 is 1.08 bits per heavy atom. The number of methoxy groups -OCH3 is 3. The van der Waals surface area contributed by atoms with E-state index in [1.165, 1.54) is 0 Å². The summed E-state index contributed by atoms with van der Waals surface area (Å²) in [6.07, 6.45) is 2.57. The molecule has 0 saturated heterocycles. The molecule has 3 atom stereocenters. The second kappa shape index (κ2) is 8.35. The van der Waals surface area contributed by atoms with Crippen molar-refractivity contribution in [2.75, 3.05) is 28.4 Å². The molecule has 1 amide bonds. The fraction of sp³-hybridized carbons (Fsp3) is 0.611. The van der Waals surface area contributed by atoms with Crippen molar-refractivity contribution in [1.82, 2.24) is 4.90 Å². The lowest BCUT2D eigenvalue weighted by atomic mass is 10.0. The van der Waals surface area contributed by atoms with Crippen molar-refractivity contribution in [3.63, 3.8) is 0 Å². The van der Waals surface area contributed by atoms with Gasteiger partial charge in [-0.1, -0.05) is 12.8 Å². The van der Waals surface area contributed by atoms with E-state index in [9.17, 15) is 9.90 Å². The van der Waals surface area contributed by atoms with Gasteiger partial charge in [-0.15, -0.1) is 0 Å². The molecule has 1 fully saturated rings. The Bertz CT molecular complexity index is 540. The second-order valence-electron chi connectivity index (χ2n) is 6.13. The number of hydrogen-bond donors (Lipinski definition) is 1. The molecule has 1 aromatic carbocycles. The van der Waals surface area contributed by atoms with E-state index >= 15 is 0 Å². The molecule has 134 valence electrons. The van der Waals surface area contributed by atoms with Crippen LogP contribution in [0.5, 0.6) is 11.5 Å². The highest BCUT2D eigenvalue weighted by Gasteiger charge is 2.35. The molecule has 0 unspecified atom stereocenters. The Hall–Kier alpha value is -1.79.